The Morgan fingerprint density at radius 2 is 1.43 bits per heavy atom. The summed E-state index contributed by atoms with van der Waals surface area (Å²) in [5, 5.41) is 0. The zero-order valence-corrected chi connectivity index (χ0v) is 11.4. The normalized spacial score (nSPS) is 10.6. The van der Waals surface area contributed by atoms with E-state index in [1.54, 1.807) is 30.3 Å². The first-order valence-electron chi connectivity index (χ1n) is 6.07. The van der Waals surface area contributed by atoms with Gasteiger partial charge in [0.05, 0.1) is 14.2 Å². The summed E-state index contributed by atoms with van der Waals surface area (Å²) in [5.41, 5.74) is -1.25. The van der Waals surface area contributed by atoms with Crippen molar-refractivity contribution in [1.82, 2.24) is 0 Å². The molecule has 0 heterocycles. The maximum atomic E-state index is 11.8. The van der Waals surface area contributed by atoms with Crippen LogP contribution >= 0.6 is 0 Å². The molecule has 2 aromatic rings. The average Bonchev–Trinajstić information content (AvgIpc) is 2.53. The van der Waals surface area contributed by atoms with Crippen molar-refractivity contribution in [2.75, 3.05) is 14.2 Å². The highest BCUT2D eigenvalue weighted by Crippen LogP contribution is 2.27. The lowest BCUT2D eigenvalue weighted by Gasteiger charge is -2.17. The van der Waals surface area contributed by atoms with Crippen molar-refractivity contribution in [2.24, 2.45) is 0 Å². The fourth-order valence-corrected chi connectivity index (χ4v) is 2.14. The Balaban J connectivity index is 2.61. The molecule has 0 amide bonds. The molecule has 0 aliphatic heterocycles. The lowest BCUT2D eigenvalue weighted by Crippen LogP contribution is -2.43. The Morgan fingerprint density at radius 3 is 1.90 bits per heavy atom. The first-order valence-corrected chi connectivity index (χ1v) is 6.07. The van der Waals surface area contributed by atoms with Crippen LogP contribution in [0.4, 0.5) is 0 Å². The molecule has 0 saturated carbocycles. The number of benzene rings is 1. The summed E-state index contributed by atoms with van der Waals surface area (Å²) < 4.78 is 9.05. The zero-order valence-electron chi connectivity index (χ0n) is 11.4. The zero-order chi connectivity index (χ0) is 15.6. The molecule has 2 aromatic carbocycles. The molecule has 0 spiro atoms. The highest BCUT2D eigenvalue weighted by Gasteiger charge is 2.39. The van der Waals surface area contributed by atoms with E-state index in [1.165, 1.54) is 0 Å². The van der Waals surface area contributed by atoms with Gasteiger partial charge in [-0.2, -0.15) is 0 Å². The molecule has 108 valence electrons. The van der Waals surface area contributed by atoms with Gasteiger partial charge >= 0.3 is 11.9 Å². The number of methoxy groups -OCH3 is 2. The molecule has 0 radical (unpaired) electrons. The fraction of sp³-hybridized carbons (Fsp3) is 0.200. The van der Waals surface area contributed by atoms with Gasteiger partial charge in [-0.15, -0.1) is 0 Å². The molecular weight excluding hydrogens is 276 g/mol. The van der Waals surface area contributed by atoms with Crippen molar-refractivity contribution in [2.45, 2.75) is 5.92 Å². The molecule has 0 unspecified atom stereocenters. The molecule has 21 heavy (non-hydrogen) atoms. The summed E-state index contributed by atoms with van der Waals surface area (Å²) in [6, 6.07) is 8.34. The smallest absolute Gasteiger partial charge is 0.324 e. The standard InChI is InChI=1S/C15H12O6/c1-20-14(18)11(15(19)21-2)10-9(12(16)13(10)17)8-6-4-3-5-7-8/h3-7,11H,1-2H3. The Morgan fingerprint density at radius 1 is 0.905 bits per heavy atom. The number of carbonyl (C=O) groups is 2. The van der Waals surface area contributed by atoms with E-state index in [0.717, 1.165) is 14.2 Å². The largest absolute Gasteiger partial charge is 0.468 e. The van der Waals surface area contributed by atoms with E-state index >= 15 is 0 Å². The van der Waals surface area contributed by atoms with Crippen LogP contribution in [0.1, 0.15) is 11.5 Å². The second kappa shape index (κ2) is 5.70. The third-order valence-electron chi connectivity index (χ3n) is 3.17. The van der Waals surface area contributed by atoms with E-state index in [-0.39, 0.29) is 11.1 Å². The first-order chi connectivity index (χ1) is 10.0. The van der Waals surface area contributed by atoms with Gasteiger partial charge in [-0.05, 0) is 5.56 Å². The van der Waals surface area contributed by atoms with Gasteiger partial charge in [0.2, 0.25) is 10.9 Å². The van der Waals surface area contributed by atoms with Crippen LogP contribution < -0.4 is 10.9 Å². The maximum Gasteiger partial charge on any atom is 0.324 e. The van der Waals surface area contributed by atoms with Gasteiger partial charge in [0, 0.05) is 11.1 Å². The lowest BCUT2D eigenvalue weighted by molar-refractivity contribution is -0.154. The van der Waals surface area contributed by atoms with Gasteiger partial charge in [0.25, 0.3) is 0 Å². The SMILES string of the molecule is COC(=O)C(C(=O)OC)c1c(-c2ccccc2)c(=O)c1=O. The second-order valence-corrected chi connectivity index (χ2v) is 4.29. The minimum Gasteiger partial charge on any atom is -0.468 e. The van der Waals surface area contributed by atoms with Gasteiger partial charge in [0.1, 0.15) is 0 Å². The summed E-state index contributed by atoms with van der Waals surface area (Å²) in [7, 11) is 2.18. The van der Waals surface area contributed by atoms with Crippen molar-refractivity contribution in [1.29, 1.82) is 0 Å². The van der Waals surface area contributed by atoms with Crippen LogP contribution in [0.5, 0.6) is 0 Å². The topological polar surface area (TPSA) is 86.7 Å². The highest BCUT2D eigenvalue weighted by atomic mass is 16.5. The number of ether oxygens (including phenoxy) is 2. The summed E-state index contributed by atoms with van der Waals surface area (Å²) in [5.74, 6) is -3.42. The molecule has 0 N–H and O–H groups in total. The van der Waals surface area contributed by atoms with E-state index in [0.29, 0.717) is 5.56 Å². The number of carbonyl (C=O) groups excluding carboxylic acids is 2. The van der Waals surface area contributed by atoms with Crippen molar-refractivity contribution in [3.05, 3.63) is 56.3 Å². The number of hydrogen-bond donors (Lipinski definition) is 0. The van der Waals surface area contributed by atoms with Gasteiger partial charge in [-0.3, -0.25) is 19.2 Å². The van der Waals surface area contributed by atoms with E-state index in [1.807, 2.05) is 0 Å². The van der Waals surface area contributed by atoms with Crippen molar-refractivity contribution >= 4 is 11.9 Å². The molecule has 0 aliphatic rings. The van der Waals surface area contributed by atoms with Gasteiger partial charge in [-0.1, -0.05) is 30.3 Å². The molecule has 0 fully saturated rings. The van der Waals surface area contributed by atoms with Crippen LogP contribution in [0.25, 0.3) is 11.1 Å². The highest BCUT2D eigenvalue weighted by molar-refractivity contribution is 6.03. The number of esters is 2. The summed E-state index contributed by atoms with van der Waals surface area (Å²) in [6.07, 6.45) is 0. The molecule has 2 rings (SSSR count). The van der Waals surface area contributed by atoms with Crippen molar-refractivity contribution in [3.8, 4) is 11.1 Å². The van der Waals surface area contributed by atoms with Gasteiger partial charge in [-0.25, -0.2) is 0 Å². The quantitative estimate of drug-likeness (QED) is 0.459. The third-order valence-corrected chi connectivity index (χ3v) is 3.17. The monoisotopic (exact) mass is 288 g/mol. The predicted molar refractivity (Wildman–Crippen MR) is 73.6 cm³/mol. The molecule has 0 aliphatic carbocycles. The Labute approximate surface area is 119 Å². The number of hydrogen-bond acceptors (Lipinski definition) is 6. The number of rotatable bonds is 4. The molecular formula is C15H12O6. The molecule has 0 saturated heterocycles. The maximum absolute atomic E-state index is 11.8. The first kappa shape index (κ1) is 14.6. The van der Waals surface area contributed by atoms with Gasteiger partial charge in [0.15, 0.2) is 5.92 Å². The summed E-state index contributed by atoms with van der Waals surface area (Å²) >= 11 is 0. The van der Waals surface area contributed by atoms with Crippen LogP contribution in [-0.2, 0) is 19.1 Å². The molecule has 6 heteroatoms. The van der Waals surface area contributed by atoms with Crippen molar-refractivity contribution < 1.29 is 19.1 Å². The second-order valence-electron chi connectivity index (χ2n) is 4.29. The molecule has 6 nitrogen and oxygen atoms in total. The van der Waals surface area contributed by atoms with Gasteiger partial charge < -0.3 is 9.47 Å². The van der Waals surface area contributed by atoms with E-state index in [9.17, 15) is 19.2 Å². The molecule has 0 bridgehead atoms. The summed E-state index contributed by atoms with van der Waals surface area (Å²) in [6.45, 7) is 0. The average molecular weight is 288 g/mol. The minimum absolute atomic E-state index is 0.0569. The van der Waals surface area contributed by atoms with Crippen LogP contribution in [0, 0.1) is 0 Å². The Bertz CT molecular complexity index is 736. The molecule has 0 aromatic heterocycles. The van der Waals surface area contributed by atoms with Crippen LogP contribution in [-0.4, -0.2) is 26.2 Å². The fourth-order valence-electron chi connectivity index (χ4n) is 2.14. The Hall–Kier alpha value is -2.76. The van der Waals surface area contributed by atoms with E-state index < -0.39 is 28.7 Å². The predicted octanol–water partition coefficient (Wildman–Crippen LogP) is 0.379. The lowest BCUT2D eigenvalue weighted by atomic mass is 9.85. The minimum atomic E-state index is -1.54. The van der Waals surface area contributed by atoms with Crippen LogP contribution in [0.2, 0.25) is 0 Å². The van der Waals surface area contributed by atoms with E-state index in [4.69, 9.17) is 0 Å². The van der Waals surface area contributed by atoms with Crippen LogP contribution in [0.15, 0.2) is 39.9 Å². The Kier molecular flexibility index (Phi) is 3.98. The summed E-state index contributed by atoms with van der Waals surface area (Å²) in [4.78, 5) is 47.1. The third kappa shape index (κ3) is 2.35. The van der Waals surface area contributed by atoms with Crippen molar-refractivity contribution in [3.63, 3.8) is 0 Å². The van der Waals surface area contributed by atoms with E-state index in [2.05, 4.69) is 9.47 Å². The molecule has 0 atom stereocenters. The van der Waals surface area contributed by atoms with Crippen LogP contribution in [0.3, 0.4) is 0 Å².